The zero-order chi connectivity index (χ0) is 20.8. The quantitative estimate of drug-likeness (QED) is 0.480. The van der Waals surface area contributed by atoms with Crippen LogP contribution < -0.4 is 10.6 Å². The molecule has 0 aliphatic heterocycles. The predicted octanol–water partition coefficient (Wildman–Crippen LogP) is 3.94. The fourth-order valence-corrected chi connectivity index (χ4v) is 3.97. The van der Waals surface area contributed by atoms with Gasteiger partial charge in [0.05, 0.1) is 25.2 Å². The maximum Gasteiger partial charge on any atom is 0.239 e. The van der Waals surface area contributed by atoms with E-state index in [1.54, 1.807) is 0 Å². The second kappa shape index (κ2) is 9.33. The monoisotopic (exact) mass is 415 g/mol. The van der Waals surface area contributed by atoms with Gasteiger partial charge in [-0.05, 0) is 16.3 Å². The topological polar surface area (TPSA) is 71.1 Å². The van der Waals surface area contributed by atoms with Gasteiger partial charge in [-0.15, -0.1) is 11.3 Å². The molecule has 30 heavy (non-hydrogen) atoms. The molecule has 0 aliphatic rings. The van der Waals surface area contributed by atoms with E-state index in [0.717, 1.165) is 32.6 Å². The largest absolute Gasteiger partial charge is 0.348 e. The van der Waals surface area contributed by atoms with Crippen molar-refractivity contribution in [2.24, 2.45) is 0 Å². The predicted molar refractivity (Wildman–Crippen MR) is 120 cm³/mol. The molecule has 4 aromatic rings. The first kappa shape index (κ1) is 19.8. The van der Waals surface area contributed by atoms with Crippen molar-refractivity contribution in [2.45, 2.75) is 13.0 Å². The summed E-state index contributed by atoms with van der Waals surface area (Å²) in [5, 5.41) is 10.4. The van der Waals surface area contributed by atoms with Crippen LogP contribution in [0.25, 0.3) is 22.0 Å². The van der Waals surface area contributed by atoms with Crippen LogP contribution in [0.5, 0.6) is 0 Å². The van der Waals surface area contributed by atoms with Crippen molar-refractivity contribution in [3.05, 3.63) is 88.7 Å². The normalized spacial score (nSPS) is 10.7. The van der Waals surface area contributed by atoms with Crippen LogP contribution in [0.4, 0.5) is 0 Å². The Morgan fingerprint density at radius 3 is 2.47 bits per heavy atom. The number of aromatic nitrogens is 1. The molecule has 1 aromatic heterocycles. The summed E-state index contributed by atoms with van der Waals surface area (Å²) >= 11 is 1.50. The highest BCUT2D eigenvalue weighted by molar-refractivity contribution is 7.09. The zero-order valence-corrected chi connectivity index (χ0v) is 17.1. The minimum Gasteiger partial charge on any atom is -0.348 e. The van der Waals surface area contributed by atoms with E-state index in [9.17, 15) is 9.59 Å². The Labute approximate surface area is 178 Å². The molecule has 2 N–H and O–H groups in total. The van der Waals surface area contributed by atoms with Crippen LogP contribution in [-0.2, 0) is 22.6 Å². The molecule has 3 aromatic carbocycles. The van der Waals surface area contributed by atoms with Gasteiger partial charge < -0.3 is 10.6 Å². The van der Waals surface area contributed by atoms with Crippen molar-refractivity contribution < 1.29 is 9.59 Å². The minimum absolute atomic E-state index is 0.0550. The van der Waals surface area contributed by atoms with Crippen molar-refractivity contribution >= 4 is 33.9 Å². The van der Waals surface area contributed by atoms with E-state index in [1.165, 1.54) is 11.3 Å². The number of thiazole rings is 1. The molecule has 0 spiro atoms. The van der Waals surface area contributed by atoms with Crippen LogP contribution in [0.3, 0.4) is 0 Å². The summed E-state index contributed by atoms with van der Waals surface area (Å²) < 4.78 is 0. The van der Waals surface area contributed by atoms with E-state index >= 15 is 0 Å². The average Bonchev–Trinajstić information content (AvgIpc) is 3.26. The van der Waals surface area contributed by atoms with Gasteiger partial charge in [0.2, 0.25) is 11.8 Å². The first-order valence-electron chi connectivity index (χ1n) is 9.69. The van der Waals surface area contributed by atoms with E-state index in [1.807, 2.05) is 78.2 Å². The van der Waals surface area contributed by atoms with Gasteiger partial charge in [0.1, 0.15) is 5.01 Å². The van der Waals surface area contributed by atoms with E-state index < -0.39 is 0 Å². The highest BCUT2D eigenvalue weighted by atomic mass is 32.1. The maximum absolute atomic E-state index is 12.3. The van der Waals surface area contributed by atoms with Gasteiger partial charge in [-0.2, -0.15) is 0 Å². The molecule has 4 rings (SSSR count). The summed E-state index contributed by atoms with van der Waals surface area (Å²) in [6.07, 6.45) is 0.238. The van der Waals surface area contributed by atoms with Gasteiger partial charge in [0.25, 0.3) is 0 Å². The minimum atomic E-state index is -0.238. The van der Waals surface area contributed by atoms with E-state index in [4.69, 9.17) is 0 Å². The van der Waals surface area contributed by atoms with E-state index in [-0.39, 0.29) is 24.8 Å². The number of carbonyl (C=O) groups is 2. The Hall–Kier alpha value is -3.51. The van der Waals surface area contributed by atoms with Crippen LogP contribution in [0.15, 0.2) is 78.2 Å². The second-order valence-electron chi connectivity index (χ2n) is 6.86. The van der Waals surface area contributed by atoms with Gasteiger partial charge >= 0.3 is 0 Å². The second-order valence-corrected chi connectivity index (χ2v) is 7.80. The maximum atomic E-state index is 12.3. The third-order valence-corrected chi connectivity index (χ3v) is 5.58. The first-order chi connectivity index (χ1) is 14.7. The van der Waals surface area contributed by atoms with Crippen molar-refractivity contribution in [3.8, 4) is 11.3 Å². The molecular weight excluding hydrogens is 394 g/mol. The van der Waals surface area contributed by atoms with Crippen LogP contribution >= 0.6 is 11.3 Å². The molecule has 0 atom stereocenters. The summed E-state index contributed by atoms with van der Waals surface area (Å²) in [6, 6.07) is 23.8. The van der Waals surface area contributed by atoms with Crippen molar-refractivity contribution in [1.82, 2.24) is 15.6 Å². The zero-order valence-electron chi connectivity index (χ0n) is 16.3. The standard InChI is InChI=1S/C24H21N3O2S/c28-22(13-19-11-6-10-17-7-4-5-12-20(17)19)25-14-23(29)26-15-24-27-21(16-30-24)18-8-2-1-3-9-18/h1-12,16H,13-15H2,(H,25,28)(H,26,29). The number of hydrogen-bond donors (Lipinski definition) is 2. The van der Waals surface area contributed by atoms with Crippen LogP contribution in [0, 0.1) is 0 Å². The molecule has 0 fully saturated rings. The van der Waals surface area contributed by atoms with Gasteiger partial charge in [0, 0.05) is 10.9 Å². The highest BCUT2D eigenvalue weighted by Crippen LogP contribution is 2.21. The van der Waals surface area contributed by atoms with Crippen molar-refractivity contribution in [1.29, 1.82) is 0 Å². The Morgan fingerprint density at radius 2 is 1.60 bits per heavy atom. The summed E-state index contributed by atoms with van der Waals surface area (Å²) in [7, 11) is 0. The molecule has 2 amide bonds. The molecule has 0 saturated carbocycles. The summed E-state index contributed by atoms with van der Waals surface area (Å²) in [4.78, 5) is 29.0. The molecule has 0 saturated heterocycles. The number of nitrogens with zero attached hydrogens (tertiary/aromatic N) is 1. The fraction of sp³-hybridized carbons (Fsp3) is 0.125. The van der Waals surface area contributed by atoms with Gasteiger partial charge in [-0.25, -0.2) is 4.98 Å². The first-order valence-corrected chi connectivity index (χ1v) is 10.6. The lowest BCUT2D eigenvalue weighted by Gasteiger charge is -2.08. The van der Waals surface area contributed by atoms with Crippen molar-refractivity contribution in [3.63, 3.8) is 0 Å². The molecule has 5 nitrogen and oxygen atoms in total. The molecule has 150 valence electrons. The summed E-state index contributed by atoms with van der Waals surface area (Å²) in [5.74, 6) is -0.417. The molecule has 0 bridgehead atoms. The molecule has 1 heterocycles. The molecule has 0 radical (unpaired) electrons. The Balaban J connectivity index is 1.26. The smallest absolute Gasteiger partial charge is 0.239 e. The van der Waals surface area contributed by atoms with Crippen LogP contribution in [0.2, 0.25) is 0 Å². The third kappa shape index (κ3) is 4.90. The SMILES string of the molecule is O=C(CNC(=O)Cc1cccc2ccccc12)NCc1nc(-c2ccccc2)cs1. The number of rotatable bonds is 7. The average molecular weight is 416 g/mol. The lowest BCUT2D eigenvalue weighted by Crippen LogP contribution is -2.37. The van der Waals surface area contributed by atoms with E-state index in [0.29, 0.717) is 6.54 Å². The number of nitrogens with one attached hydrogen (secondary N) is 2. The summed E-state index contributed by atoms with van der Waals surface area (Å²) in [5.41, 5.74) is 2.89. The fourth-order valence-electron chi connectivity index (χ4n) is 3.23. The van der Waals surface area contributed by atoms with Crippen molar-refractivity contribution in [2.75, 3.05) is 6.54 Å². The molecule has 6 heteroatoms. The number of benzene rings is 3. The Bertz CT molecular complexity index is 1170. The number of fused-ring (bicyclic) bond motifs is 1. The number of carbonyl (C=O) groups excluding carboxylic acids is 2. The van der Waals surface area contributed by atoms with Crippen LogP contribution in [0.1, 0.15) is 10.6 Å². The van der Waals surface area contributed by atoms with Gasteiger partial charge in [0.15, 0.2) is 0 Å². The Morgan fingerprint density at radius 1 is 0.833 bits per heavy atom. The highest BCUT2D eigenvalue weighted by Gasteiger charge is 2.10. The number of amides is 2. The lowest BCUT2D eigenvalue weighted by molar-refractivity contribution is -0.125. The van der Waals surface area contributed by atoms with Gasteiger partial charge in [-0.1, -0.05) is 72.8 Å². The molecule has 0 aliphatic carbocycles. The Kier molecular flexibility index (Phi) is 6.15. The van der Waals surface area contributed by atoms with Crippen LogP contribution in [-0.4, -0.2) is 23.3 Å². The lowest BCUT2D eigenvalue weighted by atomic mass is 10.0. The molecule has 0 unspecified atom stereocenters. The van der Waals surface area contributed by atoms with E-state index in [2.05, 4.69) is 15.6 Å². The number of hydrogen-bond acceptors (Lipinski definition) is 4. The third-order valence-electron chi connectivity index (χ3n) is 4.74. The summed E-state index contributed by atoms with van der Waals surface area (Å²) in [6.45, 7) is 0.288. The molecular formula is C24H21N3O2S. The van der Waals surface area contributed by atoms with Gasteiger partial charge in [-0.3, -0.25) is 9.59 Å².